The summed E-state index contributed by atoms with van der Waals surface area (Å²) in [4.78, 5) is 4.43. The lowest BCUT2D eigenvalue weighted by Crippen LogP contribution is -2.54. The van der Waals surface area contributed by atoms with E-state index in [-0.39, 0.29) is 16.4 Å². The van der Waals surface area contributed by atoms with Crippen molar-refractivity contribution >= 4 is 19.7 Å². The van der Waals surface area contributed by atoms with E-state index < -0.39 is 31.0 Å². The fourth-order valence-electron chi connectivity index (χ4n) is 3.49. The van der Waals surface area contributed by atoms with Crippen LogP contribution in [0.15, 0.2) is 29.2 Å². The first-order valence-corrected chi connectivity index (χ1v) is 11.5. The van der Waals surface area contributed by atoms with Gasteiger partial charge in [-0.2, -0.15) is 0 Å². The second kappa shape index (κ2) is 6.40. The maximum absolute atomic E-state index is 13.0. The third-order valence-corrected chi connectivity index (χ3v) is 9.16. The minimum atomic E-state index is -3.67. The summed E-state index contributed by atoms with van der Waals surface area (Å²) in [6.45, 7) is 4.96. The van der Waals surface area contributed by atoms with Gasteiger partial charge >= 0.3 is 0 Å². The van der Waals surface area contributed by atoms with Crippen molar-refractivity contribution < 1.29 is 16.8 Å². The highest BCUT2D eigenvalue weighted by Gasteiger charge is 2.48. The molecule has 0 N–H and O–H groups in total. The maximum Gasteiger partial charge on any atom is 0.183 e. The molecule has 0 spiro atoms. The van der Waals surface area contributed by atoms with Crippen molar-refractivity contribution in [3.8, 4) is 0 Å². The van der Waals surface area contributed by atoms with Crippen molar-refractivity contribution in [1.29, 1.82) is 0 Å². The Balaban J connectivity index is 1.92. The van der Waals surface area contributed by atoms with Crippen LogP contribution in [0.4, 0.5) is 0 Å². The lowest BCUT2D eigenvalue weighted by Gasteiger charge is -2.37. The Hall–Kier alpha value is -0.960. The third kappa shape index (κ3) is 3.51. The van der Waals surface area contributed by atoms with Gasteiger partial charge < -0.3 is 4.90 Å². The molecule has 2 saturated heterocycles. The average molecular weight is 373 g/mol. The van der Waals surface area contributed by atoms with Crippen molar-refractivity contribution in [3.05, 3.63) is 29.8 Å². The van der Waals surface area contributed by atoms with Crippen LogP contribution < -0.4 is 0 Å². The molecule has 2 aliphatic heterocycles. The molecular weight excluding hydrogens is 348 g/mol. The van der Waals surface area contributed by atoms with E-state index in [1.165, 1.54) is 0 Å². The summed E-state index contributed by atoms with van der Waals surface area (Å²) < 4.78 is 50.5. The lowest BCUT2D eigenvalue weighted by molar-refractivity contribution is 0.122. The number of sulfone groups is 2. The Morgan fingerprint density at radius 1 is 1.00 bits per heavy atom. The van der Waals surface area contributed by atoms with Gasteiger partial charge in [-0.15, -0.1) is 0 Å². The fourth-order valence-corrected chi connectivity index (χ4v) is 8.32. The second-order valence-corrected chi connectivity index (χ2v) is 11.2. The van der Waals surface area contributed by atoms with Crippen LogP contribution in [0, 0.1) is 6.92 Å². The molecule has 2 heterocycles. The van der Waals surface area contributed by atoms with E-state index in [0.717, 1.165) is 18.7 Å². The summed E-state index contributed by atoms with van der Waals surface area (Å²) in [7, 11) is -5.00. The molecule has 0 unspecified atom stereocenters. The molecule has 2 atom stereocenters. The van der Waals surface area contributed by atoms with E-state index in [1.54, 1.807) is 24.3 Å². The molecule has 6 nitrogen and oxygen atoms in total. The van der Waals surface area contributed by atoms with Crippen molar-refractivity contribution in [3.63, 3.8) is 0 Å². The minimum Gasteiger partial charge on any atom is -0.304 e. The van der Waals surface area contributed by atoms with Gasteiger partial charge in [0.15, 0.2) is 19.7 Å². The first-order chi connectivity index (χ1) is 11.2. The van der Waals surface area contributed by atoms with Crippen LogP contribution in [-0.2, 0) is 19.7 Å². The Morgan fingerprint density at radius 3 is 2.17 bits per heavy atom. The van der Waals surface area contributed by atoms with Gasteiger partial charge in [-0.05, 0) is 26.1 Å². The highest BCUT2D eigenvalue weighted by Crippen LogP contribution is 2.29. The summed E-state index contributed by atoms with van der Waals surface area (Å²) in [5.41, 5.74) is 0.976. The average Bonchev–Trinajstić information content (AvgIpc) is 2.85. The van der Waals surface area contributed by atoms with Crippen molar-refractivity contribution in [2.45, 2.75) is 23.1 Å². The monoisotopic (exact) mass is 372 g/mol. The van der Waals surface area contributed by atoms with Gasteiger partial charge in [0.25, 0.3) is 0 Å². The fraction of sp³-hybridized carbons (Fsp3) is 0.625. The number of benzene rings is 1. The van der Waals surface area contributed by atoms with Gasteiger partial charge in [-0.3, -0.25) is 4.90 Å². The molecule has 0 aliphatic carbocycles. The number of hydrogen-bond donors (Lipinski definition) is 0. The van der Waals surface area contributed by atoms with Crippen LogP contribution in [0.25, 0.3) is 0 Å². The van der Waals surface area contributed by atoms with Crippen molar-refractivity contribution in [2.75, 3.05) is 44.7 Å². The number of hydrogen-bond acceptors (Lipinski definition) is 6. The largest absolute Gasteiger partial charge is 0.304 e. The molecule has 1 aromatic carbocycles. The summed E-state index contributed by atoms with van der Waals surface area (Å²) >= 11 is 0. The Bertz CT molecular complexity index is 795. The number of aryl methyl sites for hydroxylation is 1. The minimum absolute atomic E-state index is 0.0630. The molecule has 0 aromatic heterocycles. The van der Waals surface area contributed by atoms with Crippen LogP contribution in [-0.4, -0.2) is 82.7 Å². The molecule has 134 valence electrons. The molecule has 8 heteroatoms. The SMILES string of the molecule is Cc1ccc(S(=O)(=O)[C@H]2CS(=O)(=O)C[C@@H]2N2CCN(C)CC2)cc1. The zero-order chi connectivity index (χ0) is 17.5. The van der Waals surface area contributed by atoms with Gasteiger partial charge in [0.1, 0.15) is 0 Å². The highest BCUT2D eigenvalue weighted by molar-refractivity contribution is 7.96. The van der Waals surface area contributed by atoms with Gasteiger partial charge in [-0.25, -0.2) is 16.8 Å². The standard InChI is InChI=1S/C16H24N2O4S2/c1-13-3-5-14(6-4-13)24(21,22)16-12-23(19,20)11-15(16)18-9-7-17(2)8-10-18/h3-6,15-16H,7-12H2,1-2H3/t15-,16-/m0/s1. The number of rotatable bonds is 3. The van der Waals surface area contributed by atoms with E-state index in [4.69, 9.17) is 0 Å². The molecule has 0 saturated carbocycles. The molecule has 3 rings (SSSR count). The van der Waals surface area contributed by atoms with Crippen LogP contribution in [0.5, 0.6) is 0 Å². The van der Waals surface area contributed by atoms with E-state index in [2.05, 4.69) is 4.90 Å². The number of piperazine rings is 1. The second-order valence-electron chi connectivity index (χ2n) is 6.88. The Kier molecular flexibility index (Phi) is 4.76. The van der Waals surface area contributed by atoms with Crippen LogP contribution in [0.1, 0.15) is 5.56 Å². The Morgan fingerprint density at radius 2 is 1.58 bits per heavy atom. The molecule has 1 aromatic rings. The molecule has 0 radical (unpaired) electrons. The highest BCUT2D eigenvalue weighted by atomic mass is 32.2. The summed E-state index contributed by atoms with van der Waals surface area (Å²) in [6.07, 6.45) is 0. The predicted octanol–water partition coefficient (Wildman–Crippen LogP) is 0.182. The molecule has 2 aliphatic rings. The summed E-state index contributed by atoms with van der Waals surface area (Å²) in [5.74, 6) is -0.341. The maximum atomic E-state index is 13.0. The molecule has 0 bridgehead atoms. The molecule has 24 heavy (non-hydrogen) atoms. The van der Waals surface area contributed by atoms with Crippen LogP contribution >= 0.6 is 0 Å². The van der Waals surface area contributed by atoms with E-state index >= 15 is 0 Å². The Labute approximate surface area is 144 Å². The topological polar surface area (TPSA) is 74.8 Å². The zero-order valence-corrected chi connectivity index (χ0v) is 15.7. The molecular formula is C16H24N2O4S2. The number of nitrogens with zero attached hydrogens (tertiary/aromatic N) is 2. The van der Waals surface area contributed by atoms with Crippen LogP contribution in [0.2, 0.25) is 0 Å². The quantitative estimate of drug-likeness (QED) is 0.754. The number of likely N-dealkylation sites (N-methyl/N-ethyl adjacent to an activating group) is 1. The summed E-state index contributed by atoms with van der Waals surface area (Å²) in [6, 6.07) is 6.21. The molecule has 0 amide bonds. The van der Waals surface area contributed by atoms with E-state index in [9.17, 15) is 16.8 Å². The lowest BCUT2D eigenvalue weighted by atomic mass is 10.2. The predicted molar refractivity (Wildman–Crippen MR) is 93.7 cm³/mol. The van der Waals surface area contributed by atoms with E-state index in [0.29, 0.717) is 13.1 Å². The van der Waals surface area contributed by atoms with E-state index in [1.807, 2.05) is 18.9 Å². The van der Waals surface area contributed by atoms with Crippen molar-refractivity contribution in [1.82, 2.24) is 9.80 Å². The van der Waals surface area contributed by atoms with Gasteiger partial charge in [0.05, 0.1) is 21.7 Å². The van der Waals surface area contributed by atoms with Gasteiger partial charge in [0.2, 0.25) is 0 Å². The summed E-state index contributed by atoms with van der Waals surface area (Å²) in [5, 5.41) is -0.881. The van der Waals surface area contributed by atoms with Crippen LogP contribution in [0.3, 0.4) is 0 Å². The van der Waals surface area contributed by atoms with Gasteiger partial charge in [-0.1, -0.05) is 17.7 Å². The first-order valence-electron chi connectivity index (χ1n) is 8.13. The van der Waals surface area contributed by atoms with Gasteiger partial charge in [0, 0.05) is 32.2 Å². The molecule has 2 fully saturated rings. The van der Waals surface area contributed by atoms with Crippen molar-refractivity contribution in [2.24, 2.45) is 0 Å². The normalized spacial score (nSPS) is 28.9. The zero-order valence-electron chi connectivity index (χ0n) is 14.1. The smallest absolute Gasteiger partial charge is 0.183 e. The first kappa shape index (κ1) is 17.8. The third-order valence-electron chi connectivity index (χ3n) is 5.03.